The topological polar surface area (TPSA) is 66.5 Å². The molecular weight excluding hydrogens is 228 g/mol. The molecule has 5 nitrogen and oxygen atoms in total. The van der Waals surface area contributed by atoms with Crippen molar-refractivity contribution in [3.63, 3.8) is 0 Å². The lowest BCUT2D eigenvalue weighted by atomic mass is 10.1. The first-order chi connectivity index (χ1) is 7.28. The average Bonchev–Trinajstić information content (AvgIpc) is 2.20. The molecule has 0 aliphatic carbocycles. The van der Waals surface area contributed by atoms with E-state index >= 15 is 0 Å². The van der Waals surface area contributed by atoms with Crippen molar-refractivity contribution in [3.05, 3.63) is 0 Å². The number of carbonyl (C=O) groups excluding carboxylic acids is 1. The summed E-state index contributed by atoms with van der Waals surface area (Å²) in [5, 5.41) is 3.09. The molecule has 0 saturated carbocycles. The summed E-state index contributed by atoms with van der Waals surface area (Å²) in [7, 11) is -1.37. The minimum Gasteiger partial charge on any atom is -0.344 e. The molecule has 0 rings (SSSR count). The van der Waals surface area contributed by atoms with E-state index in [4.69, 9.17) is 0 Å². The van der Waals surface area contributed by atoms with Gasteiger partial charge in [0, 0.05) is 32.3 Å². The first-order valence-corrected chi connectivity index (χ1v) is 7.47. The van der Waals surface area contributed by atoms with Crippen molar-refractivity contribution < 1.29 is 13.2 Å². The van der Waals surface area contributed by atoms with E-state index in [0.717, 1.165) is 6.54 Å². The van der Waals surface area contributed by atoms with E-state index in [-0.39, 0.29) is 24.1 Å². The summed E-state index contributed by atoms with van der Waals surface area (Å²) in [4.78, 5) is 13.2. The van der Waals surface area contributed by atoms with Crippen LogP contribution < -0.4 is 5.32 Å². The maximum Gasteiger partial charge on any atom is 0.226 e. The van der Waals surface area contributed by atoms with Crippen molar-refractivity contribution in [1.82, 2.24) is 10.2 Å². The van der Waals surface area contributed by atoms with Crippen LogP contribution in [0.25, 0.3) is 0 Å². The molecule has 6 heteroatoms. The van der Waals surface area contributed by atoms with Crippen LogP contribution in [0.2, 0.25) is 0 Å². The Morgan fingerprint density at radius 3 is 2.44 bits per heavy atom. The van der Waals surface area contributed by atoms with Gasteiger partial charge >= 0.3 is 0 Å². The zero-order valence-electron chi connectivity index (χ0n) is 10.5. The van der Waals surface area contributed by atoms with E-state index in [1.165, 1.54) is 11.2 Å². The first-order valence-electron chi connectivity index (χ1n) is 5.41. The van der Waals surface area contributed by atoms with Crippen molar-refractivity contribution in [2.45, 2.75) is 13.8 Å². The Morgan fingerprint density at radius 2 is 2.00 bits per heavy atom. The number of carbonyl (C=O) groups is 1. The van der Waals surface area contributed by atoms with E-state index < -0.39 is 9.84 Å². The van der Waals surface area contributed by atoms with Gasteiger partial charge in [0.1, 0.15) is 9.84 Å². The maximum atomic E-state index is 11.8. The zero-order chi connectivity index (χ0) is 12.8. The Kier molecular flexibility index (Phi) is 6.59. The van der Waals surface area contributed by atoms with Crippen LogP contribution in [0, 0.1) is 5.92 Å². The number of nitrogens with one attached hydrogen (secondary N) is 1. The third kappa shape index (κ3) is 6.79. The molecule has 1 unspecified atom stereocenters. The number of nitrogens with zero attached hydrogens (tertiary/aromatic N) is 1. The van der Waals surface area contributed by atoms with Gasteiger partial charge in [-0.15, -0.1) is 0 Å². The highest BCUT2D eigenvalue weighted by Crippen LogP contribution is 2.00. The standard InChI is InChI=1S/C10H22N2O3S/c1-5-11-8-9(2)10(13)12(3)6-7-16(4,14)15/h9,11H,5-8H2,1-4H3. The van der Waals surface area contributed by atoms with Crippen molar-refractivity contribution >= 4 is 15.7 Å². The van der Waals surface area contributed by atoms with Gasteiger partial charge in [-0.3, -0.25) is 4.79 Å². The molecule has 0 fully saturated rings. The number of amides is 1. The second-order valence-electron chi connectivity index (χ2n) is 4.10. The van der Waals surface area contributed by atoms with Crippen LogP contribution in [-0.2, 0) is 14.6 Å². The highest BCUT2D eigenvalue weighted by molar-refractivity contribution is 7.90. The van der Waals surface area contributed by atoms with Crippen molar-refractivity contribution in [2.75, 3.05) is 38.7 Å². The van der Waals surface area contributed by atoms with Gasteiger partial charge in [-0.25, -0.2) is 8.42 Å². The van der Waals surface area contributed by atoms with Crippen molar-refractivity contribution in [3.8, 4) is 0 Å². The fraction of sp³-hybridized carbons (Fsp3) is 0.900. The van der Waals surface area contributed by atoms with Gasteiger partial charge in [-0.2, -0.15) is 0 Å². The molecule has 0 aliphatic heterocycles. The predicted octanol–water partition coefficient (Wildman–Crippen LogP) is -0.265. The normalized spacial score (nSPS) is 13.5. The van der Waals surface area contributed by atoms with Gasteiger partial charge in [0.25, 0.3) is 0 Å². The monoisotopic (exact) mass is 250 g/mol. The van der Waals surface area contributed by atoms with Crippen molar-refractivity contribution in [2.24, 2.45) is 5.92 Å². The van der Waals surface area contributed by atoms with E-state index in [1.807, 2.05) is 13.8 Å². The van der Waals surface area contributed by atoms with Crippen LogP contribution in [-0.4, -0.2) is 57.9 Å². The van der Waals surface area contributed by atoms with Gasteiger partial charge in [0.2, 0.25) is 5.91 Å². The maximum absolute atomic E-state index is 11.8. The SMILES string of the molecule is CCNCC(C)C(=O)N(C)CCS(C)(=O)=O. The van der Waals surface area contributed by atoms with Crippen LogP contribution >= 0.6 is 0 Å². The highest BCUT2D eigenvalue weighted by Gasteiger charge is 2.17. The lowest BCUT2D eigenvalue weighted by Gasteiger charge is -2.21. The quantitative estimate of drug-likeness (QED) is 0.676. The lowest BCUT2D eigenvalue weighted by Crippen LogP contribution is -2.38. The molecule has 0 saturated heterocycles. The van der Waals surface area contributed by atoms with E-state index in [9.17, 15) is 13.2 Å². The second kappa shape index (κ2) is 6.85. The largest absolute Gasteiger partial charge is 0.344 e. The van der Waals surface area contributed by atoms with Crippen molar-refractivity contribution in [1.29, 1.82) is 0 Å². The number of rotatable bonds is 7. The Hall–Kier alpha value is -0.620. The second-order valence-corrected chi connectivity index (χ2v) is 6.36. The molecule has 1 atom stereocenters. The molecule has 0 heterocycles. The number of hydrogen-bond acceptors (Lipinski definition) is 4. The molecule has 1 N–H and O–H groups in total. The fourth-order valence-corrected chi connectivity index (χ4v) is 1.84. The Bertz CT molecular complexity index is 314. The van der Waals surface area contributed by atoms with Gasteiger partial charge < -0.3 is 10.2 Å². The van der Waals surface area contributed by atoms with E-state index in [2.05, 4.69) is 5.32 Å². The Labute approximate surface area is 98.1 Å². The first kappa shape index (κ1) is 15.4. The molecule has 1 amide bonds. The van der Waals surface area contributed by atoms with Gasteiger partial charge in [-0.1, -0.05) is 13.8 Å². The summed E-state index contributed by atoms with van der Waals surface area (Å²) in [6, 6.07) is 0. The fourth-order valence-electron chi connectivity index (χ4n) is 1.24. The number of hydrogen-bond donors (Lipinski definition) is 1. The van der Waals surface area contributed by atoms with Crippen LogP contribution in [0.1, 0.15) is 13.8 Å². The molecule has 0 aromatic rings. The van der Waals surface area contributed by atoms with Gasteiger partial charge in [0.15, 0.2) is 0 Å². The lowest BCUT2D eigenvalue weighted by molar-refractivity contribution is -0.133. The number of sulfone groups is 1. The van der Waals surface area contributed by atoms with Gasteiger partial charge in [-0.05, 0) is 6.54 Å². The third-order valence-corrected chi connectivity index (χ3v) is 3.22. The summed E-state index contributed by atoms with van der Waals surface area (Å²) in [5.41, 5.74) is 0. The molecule has 96 valence electrons. The summed E-state index contributed by atoms with van der Waals surface area (Å²) < 4.78 is 21.9. The minimum atomic E-state index is -3.00. The van der Waals surface area contributed by atoms with Crippen LogP contribution in [0.15, 0.2) is 0 Å². The summed E-state index contributed by atoms with van der Waals surface area (Å²) in [6.45, 7) is 5.52. The molecule has 0 aliphatic rings. The van der Waals surface area contributed by atoms with Crippen LogP contribution in [0.5, 0.6) is 0 Å². The molecule has 0 spiro atoms. The summed E-state index contributed by atoms with van der Waals surface area (Å²) in [5.74, 6) is -0.127. The van der Waals surface area contributed by atoms with E-state index in [1.54, 1.807) is 7.05 Å². The highest BCUT2D eigenvalue weighted by atomic mass is 32.2. The molecule has 16 heavy (non-hydrogen) atoms. The van der Waals surface area contributed by atoms with Crippen LogP contribution in [0.3, 0.4) is 0 Å². The Morgan fingerprint density at radius 1 is 1.44 bits per heavy atom. The van der Waals surface area contributed by atoms with Crippen LogP contribution in [0.4, 0.5) is 0 Å². The Balaban J connectivity index is 4.07. The summed E-state index contributed by atoms with van der Waals surface area (Å²) in [6.07, 6.45) is 1.17. The average molecular weight is 250 g/mol. The zero-order valence-corrected chi connectivity index (χ0v) is 11.3. The van der Waals surface area contributed by atoms with E-state index in [0.29, 0.717) is 6.54 Å². The smallest absolute Gasteiger partial charge is 0.226 e. The summed E-state index contributed by atoms with van der Waals surface area (Å²) >= 11 is 0. The molecule has 0 radical (unpaired) electrons. The third-order valence-electron chi connectivity index (χ3n) is 2.30. The molecular formula is C10H22N2O3S. The molecule has 0 aromatic heterocycles. The minimum absolute atomic E-state index is 0.0170. The van der Waals surface area contributed by atoms with Gasteiger partial charge in [0.05, 0.1) is 5.75 Å². The molecule has 0 bridgehead atoms. The predicted molar refractivity (Wildman–Crippen MR) is 65.1 cm³/mol. The molecule has 0 aromatic carbocycles.